The molecule has 1 aromatic heterocycles. The molecule has 1 aliphatic rings. The van der Waals surface area contributed by atoms with E-state index < -0.39 is 45.8 Å². The third kappa shape index (κ3) is 6.26. The Morgan fingerprint density at radius 2 is 1.78 bits per heavy atom. The van der Waals surface area contributed by atoms with Crippen molar-refractivity contribution in [3.05, 3.63) is 93.8 Å². The van der Waals surface area contributed by atoms with E-state index in [9.17, 15) is 31.5 Å². The van der Waals surface area contributed by atoms with Gasteiger partial charge in [0.25, 0.3) is 0 Å². The molecular weight excluding hydrogens is 573 g/mol. The summed E-state index contributed by atoms with van der Waals surface area (Å²) in [6.45, 7) is 1.82. The monoisotopic (exact) mass is 591 g/mol. The Labute approximate surface area is 233 Å². The van der Waals surface area contributed by atoms with Gasteiger partial charge in [-0.1, -0.05) is 11.6 Å². The summed E-state index contributed by atoms with van der Waals surface area (Å²) >= 11 is 5.58. The van der Waals surface area contributed by atoms with Crippen LogP contribution in [0.1, 0.15) is 33.3 Å². The van der Waals surface area contributed by atoms with Crippen LogP contribution < -0.4 is 16.0 Å². The SMILES string of the molecule is O=C(Nc1cc(F)c(F)c(C(=O)c2ccc3nc(C4CNCCO4)cnc3c2)c1)Nc1ccc(Cl)c(C(F)(F)F)c1. The van der Waals surface area contributed by atoms with E-state index in [2.05, 4.69) is 25.9 Å². The molecule has 8 nitrogen and oxygen atoms in total. The van der Waals surface area contributed by atoms with Gasteiger partial charge in [0, 0.05) is 36.1 Å². The molecule has 2 heterocycles. The fraction of sp³-hybridized carbons (Fsp3) is 0.185. The van der Waals surface area contributed by atoms with Crippen LogP contribution in [0.4, 0.5) is 38.1 Å². The van der Waals surface area contributed by atoms with E-state index in [4.69, 9.17) is 16.3 Å². The van der Waals surface area contributed by atoms with E-state index in [0.29, 0.717) is 42.0 Å². The number of carbonyl (C=O) groups excluding carboxylic acids is 2. The number of anilines is 2. The lowest BCUT2D eigenvalue weighted by Gasteiger charge is -2.22. The number of amides is 2. The van der Waals surface area contributed by atoms with Gasteiger partial charge in [-0.3, -0.25) is 9.78 Å². The number of aromatic nitrogens is 2. The molecule has 1 atom stereocenters. The highest BCUT2D eigenvalue weighted by Gasteiger charge is 2.33. The number of ketones is 1. The maximum Gasteiger partial charge on any atom is 0.417 e. The number of carbonyl (C=O) groups is 2. The lowest BCUT2D eigenvalue weighted by atomic mass is 10.0. The highest BCUT2D eigenvalue weighted by molar-refractivity contribution is 6.31. The predicted octanol–water partition coefficient (Wildman–Crippen LogP) is 6.12. The molecule has 1 saturated heterocycles. The average Bonchev–Trinajstić information content (AvgIpc) is 2.94. The van der Waals surface area contributed by atoms with Gasteiger partial charge >= 0.3 is 12.2 Å². The van der Waals surface area contributed by atoms with Gasteiger partial charge in [0.2, 0.25) is 0 Å². The maximum absolute atomic E-state index is 14.7. The highest BCUT2D eigenvalue weighted by atomic mass is 35.5. The average molecular weight is 592 g/mol. The Kier molecular flexibility index (Phi) is 7.84. The molecule has 0 saturated carbocycles. The van der Waals surface area contributed by atoms with Gasteiger partial charge in [0.05, 0.1) is 45.7 Å². The molecule has 3 N–H and O–H groups in total. The van der Waals surface area contributed by atoms with Gasteiger partial charge in [0.15, 0.2) is 17.4 Å². The Bertz CT molecular complexity index is 1660. The lowest BCUT2D eigenvalue weighted by molar-refractivity contribution is -0.137. The van der Waals surface area contributed by atoms with Crippen molar-refractivity contribution in [2.45, 2.75) is 12.3 Å². The number of halogens is 6. The van der Waals surface area contributed by atoms with Gasteiger partial charge in [-0.15, -0.1) is 0 Å². The summed E-state index contributed by atoms with van der Waals surface area (Å²) in [7, 11) is 0. The van der Waals surface area contributed by atoms with Crippen LogP contribution >= 0.6 is 11.6 Å². The Morgan fingerprint density at radius 1 is 1.00 bits per heavy atom. The number of ether oxygens (including phenoxy) is 1. The number of alkyl halides is 3. The van der Waals surface area contributed by atoms with Gasteiger partial charge in [-0.2, -0.15) is 13.2 Å². The molecule has 0 aliphatic carbocycles. The number of rotatable bonds is 5. The minimum Gasteiger partial charge on any atom is -0.369 e. The summed E-state index contributed by atoms with van der Waals surface area (Å²) in [5, 5.41) is 6.96. The number of nitrogens with one attached hydrogen (secondary N) is 3. The van der Waals surface area contributed by atoms with Crippen molar-refractivity contribution in [2.24, 2.45) is 0 Å². The van der Waals surface area contributed by atoms with E-state index in [0.717, 1.165) is 24.7 Å². The number of hydrogen-bond donors (Lipinski definition) is 3. The van der Waals surface area contributed by atoms with Crippen molar-refractivity contribution in [3.63, 3.8) is 0 Å². The van der Waals surface area contributed by atoms with Gasteiger partial charge < -0.3 is 20.7 Å². The summed E-state index contributed by atoms with van der Waals surface area (Å²) in [6.07, 6.45) is -3.54. The molecule has 0 bridgehead atoms. The standard InChI is InChI=1S/C27H19ClF5N5O3/c28-18-3-2-14(9-17(18)27(31,32)33)36-26(40)37-15-8-16(24(30)19(29)10-15)25(39)13-1-4-20-21(7-13)35-11-22(38-20)23-12-34-5-6-41-23/h1-4,7-11,23,34H,5-6,12H2,(H2,36,37,40). The minimum atomic E-state index is -4.77. The molecule has 41 heavy (non-hydrogen) atoms. The van der Waals surface area contributed by atoms with Crippen LogP contribution in [0.3, 0.4) is 0 Å². The van der Waals surface area contributed by atoms with E-state index in [1.807, 2.05) is 0 Å². The number of fused-ring (bicyclic) bond motifs is 1. The topological polar surface area (TPSA) is 105 Å². The molecular formula is C27H19ClF5N5O3. The summed E-state index contributed by atoms with van der Waals surface area (Å²) in [5.41, 5.74) is -1.06. The smallest absolute Gasteiger partial charge is 0.369 e. The van der Waals surface area contributed by atoms with Crippen LogP contribution in [0.25, 0.3) is 11.0 Å². The molecule has 0 radical (unpaired) electrons. The summed E-state index contributed by atoms with van der Waals surface area (Å²) < 4.78 is 74.1. The molecule has 14 heteroatoms. The maximum atomic E-state index is 14.7. The highest BCUT2D eigenvalue weighted by Crippen LogP contribution is 2.36. The van der Waals surface area contributed by atoms with Crippen LogP contribution in [-0.2, 0) is 10.9 Å². The molecule has 2 amide bonds. The van der Waals surface area contributed by atoms with Gasteiger partial charge in [-0.25, -0.2) is 18.6 Å². The normalized spacial score (nSPS) is 15.5. The van der Waals surface area contributed by atoms with E-state index in [1.54, 1.807) is 0 Å². The van der Waals surface area contributed by atoms with Crippen LogP contribution in [0.2, 0.25) is 5.02 Å². The zero-order valence-electron chi connectivity index (χ0n) is 20.8. The molecule has 1 aliphatic heterocycles. The second kappa shape index (κ2) is 11.4. The van der Waals surface area contributed by atoms with Crippen molar-refractivity contribution in [2.75, 3.05) is 30.3 Å². The molecule has 1 fully saturated rings. The van der Waals surface area contributed by atoms with Crippen LogP contribution in [0, 0.1) is 11.6 Å². The Hall–Kier alpha value is -4.20. The third-order valence-corrected chi connectivity index (χ3v) is 6.47. The van der Waals surface area contributed by atoms with Crippen LogP contribution in [0.5, 0.6) is 0 Å². The van der Waals surface area contributed by atoms with Crippen molar-refractivity contribution < 1.29 is 36.3 Å². The second-order valence-electron chi connectivity index (χ2n) is 8.98. The predicted molar refractivity (Wildman–Crippen MR) is 140 cm³/mol. The fourth-order valence-electron chi connectivity index (χ4n) is 4.17. The third-order valence-electron chi connectivity index (χ3n) is 6.14. The summed E-state index contributed by atoms with van der Waals surface area (Å²) in [6, 6.07) is 7.43. The molecule has 3 aromatic carbocycles. The van der Waals surface area contributed by atoms with Gasteiger partial charge in [0.1, 0.15) is 6.10 Å². The lowest BCUT2D eigenvalue weighted by Crippen LogP contribution is -2.33. The molecule has 1 unspecified atom stereocenters. The molecule has 0 spiro atoms. The number of morpholine rings is 1. The largest absolute Gasteiger partial charge is 0.417 e. The number of hydrogen-bond acceptors (Lipinski definition) is 6. The first-order valence-electron chi connectivity index (χ1n) is 12.1. The van der Waals surface area contributed by atoms with Crippen molar-refractivity contribution in [3.8, 4) is 0 Å². The Morgan fingerprint density at radius 3 is 2.51 bits per heavy atom. The first kappa shape index (κ1) is 28.3. The molecule has 5 rings (SSSR count). The van der Waals surface area contributed by atoms with Crippen molar-refractivity contribution >= 4 is 45.8 Å². The van der Waals surface area contributed by atoms with E-state index in [-0.39, 0.29) is 23.0 Å². The Balaban J connectivity index is 1.35. The summed E-state index contributed by atoms with van der Waals surface area (Å²) in [5.74, 6) is -3.77. The quantitative estimate of drug-likeness (QED) is 0.191. The zero-order valence-corrected chi connectivity index (χ0v) is 21.5. The first-order chi connectivity index (χ1) is 19.5. The fourth-order valence-corrected chi connectivity index (χ4v) is 4.40. The second-order valence-corrected chi connectivity index (χ2v) is 9.39. The van der Waals surface area contributed by atoms with Crippen LogP contribution in [0.15, 0.2) is 54.7 Å². The number of urea groups is 1. The van der Waals surface area contributed by atoms with Gasteiger partial charge in [-0.05, 0) is 42.5 Å². The van der Waals surface area contributed by atoms with Crippen molar-refractivity contribution in [1.82, 2.24) is 15.3 Å². The molecule has 212 valence electrons. The number of nitrogens with zero attached hydrogens (tertiary/aromatic N) is 2. The molecule has 4 aromatic rings. The van der Waals surface area contributed by atoms with Crippen LogP contribution in [-0.4, -0.2) is 41.5 Å². The zero-order chi connectivity index (χ0) is 29.3. The summed E-state index contributed by atoms with van der Waals surface area (Å²) in [4.78, 5) is 34.4. The van der Waals surface area contributed by atoms with Crippen molar-refractivity contribution in [1.29, 1.82) is 0 Å². The van der Waals surface area contributed by atoms with E-state index in [1.165, 1.54) is 24.4 Å². The van der Waals surface area contributed by atoms with E-state index >= 15 is 0 Å². The number of benzene rings is 3. The first-order valence-corrected chi connectivity index (χ1v) is 12.4. The minimum absolute atomic E-state index is 0.0177.